The summed E-state index contributed by atoms with van der Waals surface area (Å²) in [5.41, 5.74) is 1.91. The smallest absolute Gasteiger partial charge is 0.140 e. The number of aromatic nitrogens is 1. The maximum atomic E-state index is 12.9. The number of nitrogens with zero attached hydrogens (tertiary/aromatic N) is 2. The second-order valence-corrected chi connectivity index (χ2v) is 4.05. The van der Waals surface area contributed by atoms with Crippen molar-refractivity contribution in [1.29, 1.82) is 5.26 Å². The third-order valence-electron chi connectivity index (χ3n) is 2.35. The van der Waals surface area contributed by atoms with Crippen LogP contribution in [-0.2, 0) is 6.54 Å². The number of pyridine rings is 1. The molecule has 0 atom stereocenters. The first-order valence-corrected chi connectivity index (χ1v) is 5.61. The first-order chi connectivity index (χ1) is 8.69. The molecular weight excluding hydrogens is 253 g/mol. The number of nitriles is 1. The van der Waals surface area contributed by atoms with E-state index < -0.39 is 0 Å². The molecule has 0 unspecified atom stereocenters. The molecule has 90 valence electrons. The average Bonchev–Trinajstić information content (AvgIpc) is 2.38. The van der Waals surface area contributed by atoms with E-state index in [1.807, 2.05) is 6.07 Å². The number of rotatable bonds is 3. The molecule has 0 amide bonds. The van der Waals surface area contributed by atoms with Crippen molar-refractivity contribution in [1.82, 2.24) is 4.98 Å². The average molecular weight is 262 g/mol. The molecule has 0 saturated carbocycles. The molecule has 1 aromatic heterocycles. The Hall–Kier alpha value is -2.12. The van der Waals surface area contributed by atoms with Crippen LogP contribution in [0.2, 0.25) is 5.02 Å². The molecule has 5 heteroatoms. The molecule has 2 rings (SSSR count). The van der Waals surface area contributed by atoms with Gasteiger partial charge in [-0.2, -0.15) is 5.26 Å². The number of halogens is 2. The minimum Gasteiger partial charge on any atom is -0.380 e. The SMILES string of the molecule is N#Cc1cc(CNc2ccc(F)cc2Cl)ccn1. The number of nitrogens with one attached hydrogen (secondary N) is 1. The fraction of sp³-hybridized carbons (Fsp3) is 0.0769. The topological polar surface area (TPSA) is 48.7 Å². The maximum Gasteiger partial charge on any atom is 0.140 e. The zero-order chi connectivity index (χ0) is 13.0. The Balaban J connectivity index is 2.09. The quantitative estimate of drug-likeness (QED) is 0.922. The van der Waals surface area contributed by atoms with Crippen LogP contribution in [0.1, 0.15) is 11.3 Å². The van der Waals surface area contributed by atoms with Gasteiger partial charge < -0.3 is 5.32 Å². The predicted octanol–water partition coefficient (Wildman–Crippen LogP) is 3.36. The van der Waals surface area contributed by atoms with E-state index >= 15 is 0 Å². The van der Waals surface area contributed by atoms with Crippen LogP contribution in [0.25, 0.3) is 0 Å². The highest BCUT2D eigenvalue weighted by Crippen LogP contribution is 2.22. The van der Waals surface area contributed by atoms with Gasteiger partial charge >= 0.3 is 0 Å². The molecule has 0 spiro atoms. The highest BCUT2D eigenvalue weighted by atomic mass is 35.5. The fourth-order valence-corrected chi connectivity index (χ4v) is 1.71. The lowest BCUT2D eigenvalue weighted by molar-refractivity contribution is 0.628. The predicted molar refractivity (Wildman–Crippen MR) is 67.7 cm³/mol. The molecule has 0 aliphatic rings. The second kappa shape index (κ2) is 5.48. The van der Waals surface area contributed by atoms with Gasteiger partial charge in [0.15, 0.2) is 0 Å². The molecule has 1 heterocycles. The molecular formula is C13H9ClFN3. The summed E-state index contributed by atoms with van der Waals surface area (Å²) in [4.78, 5) is 3.88. The van der Waals surface area contributed by atoms with E-state index in [1.165, 1.54) is 12.1 Å². The van der Waals surface area contributed by atoms with Gasteiger partial charge in [-0.25, -0.2) is 9.37 Å². The van der Waals surface area contributed by atoms with Gasteiger partial charge in [0.2, 0.25) is 0 Å². The molecule has 0 bridgehead atoms. The van der Waals surface area contributed by atoms with Crippen LogP contribution in [-0.4, -0.2) is 4.98 Å². The normalized spacial score (nSPS) is 9.83. The maximum absolute atomic E-state index is 12.9. The Morgan fingerprint density at radius 3 is 2.89 bits per heavy atom. The standard InChI is InChI=1S/C13H9ClFN3/c14-12-6-10(15)1-2-13(12)18-8-9-3-4-17-11(5-9)7-16/h1-6,18H,8H2. The van der Waals surface area contributed by atoms with Crippen molar-refractivity contribution < 1.29 is 4.39 Å². The van der Waals surface area contributed by atoms with Gasteiger partial charge in [0, 0.05) is 12.7 Å². The second-order valence-electron chi connectivity index (χ2n) is 3.64. The molecule has 0 aliphatic carbocycles. The molecule has 3 nitrogen and oxygen atoms in total. The summed E-state index contributed by atoms with van der Waals surface area (Å²) in [5.74, 6) is -0.374. The van der Waals surface area contributed by atoms with Crippen LogP contribution in [0.4, 0.5) is 10.1 Å². The van der Waals surface area contributed by atoms with Gasteiger partial charge in [-0.3, -0.25) is 0 Å². The molecule has 0 radical (unpaired) electrons. The summed E-state index contributed by atoms with van der Waals surface area (Å²) in [6.07, 6.45) is 1.57. The third-order valence-corrected chi connectivity index (χ3v) is 2.67. The Morgan fingerprint density at radius 1 is 1.33 bits per heavy atom. The third kappa shape index (κ3) is 2.96. The van der Waals surface area contributed by atoms with E-state index in [-0.39, 0.29) is 5.82 Å². The Morgan fingerprint density at radius 2 is 2.17 bits per heavy atom. The zero-order valence-corrected chi connectivity index (χ0v) is 10.1. The van der Waals surface area contributed by atoms with Gasteiger partial charge in [0.05, 0.1) is 10.7 Å². The van der Waals surface area contributed by atoms with Crippen LogP contribution < -0.4 is 5.32 Å². The number of benzene rings is 1. The first-order valence-electron chi connectivity index (χ1n) is 5.23. The van der Waals surface area contributed by atoms with Crippen LogP contribution >= 0.6 is 11.6 Å². The molecule has 1 N–H and O–H groups in total. The highest BCUT2D eigenvalue weighted by Gasteiger charge is 2.02. The largest absolute Gasteiger partial charge is 0.380 e. The summed E-state index contributed by atoms with van der Waals surface area (Å²) in [6, 6.07) is 9.61. The van der Waals surface area contributed by atoms with E-state index in [4.69, 9.17) is 16.9 Å². The van der Waals surface area contributed by atoms with Crippen molar-refractivity contribution in [2.75, 3.05) is 5.32 Å². The van der Waals surface area contributed by atoms with Crippen molar-refractivity contribution in [3.63, 3.8) is 0 Å². The van der Waals surface area contributed by atoms with Gasteiger partial charge in [-0.15, -0.1) is 0 Å². The lowest BCUT2D eigenvalue weighted by atomic mass is 10.2. The molecule has 1 aromatic carbocycles. The number of hydrogen-bond acceptors (Lipinski definition) is 3. The van der Waals surface area contributed by atoms with Crippen LogP contribution in [0.3, 0.4) is 0 Å². The Labute approximate surface area is 109 Å². The van der Waals surface area contributed by atoms with Crippen molar-refractivity contribution >= 4 is 17.3 Å². The number of hydrogen-bond donors (Lipinski definition) is 1. The van der Waals surface area contributed by atoms with E-state index in [0.717, 1.165) is 5.56 Å². The van der Waals surface area contributed by atoms with Crippen LogP contribution in [0.5, 0.6) is 0 Å². The molecule has 2 aromatic rings. The van der Waals surface area contributed by atoms with E-state index in [9.17, 15) is 4.39 Å². The van der Waals surface area contributed by atoms with Crippen molar-refractivity contribution in [3.05, 3.63) is 58.6 Å². The Bertz CT molecular complexity index is 607. The lowest BCUT2D eigenvalue weighted by Crippen LogP contribution is -2.01. The van der Waals surface area contributed by atoms with Crippen LogP contribution in [0.15, 0.2) is 36.5 Å². The summed E-state index contributed by atoms with van der Waals surface area (Å²) in [6.45, 7) is 0.489. The molecule has 0 aliphatic heterocycles. The monoisotopic (exact) mass is 261 g/mol. The minimum absolute atomic E-state index is 0.324. The van der Waals surface area contributed by atoms with Gasteiger partial charge in [-0.1, -0.05) is 11.6 Å². The van der Waals surface area contributed by atoms with E-state index in [0.29, 0.717) is 22.9 Å². The van der Waals surface area contributed by atoms with Crippen molar-refractivity contribution in [3.8, 4) is 6.07 Å². The zero-order valence-electron chi connectivity index (χ0n) is 9.32. The Kier molecular flexibility index (Phi) is 3.75. The van der Waals surface area contributed by atoms with E-state index in [2.05, 4.69) is 10.3 Å². The van der Waals surface area contributed by atoms with Crippen molar-refractivity contribution in [2.24, 2.45) is 0 Å². The van der Waals surface area contributed by atoms with Crippen LogP contribution in [0, 0.1) is 17.1 Å². The van der Waals surface area contributed by atoms with Gasteiger partial charge in [-0.05, 0) is 35.9 Å². The summed E-state index contributed by atoms with van der Waals surface area (Å²) >= 11 is 5.89. The van der Waals surface area contributed by atoms with Crippen molar-refractivity contribution in [2.45, 2.75) is 6.54 Å². The molecule has 0 fully saturated rings. The summed E-state index contributed by atoms with van der Waals surface area (Å²) < 4.78 is 12.9. The minimum atomic E-state index is -0.374. The first kappa shape index (κ1) is 12.3. The fourth-order valence-electron chi connectivity index (χ4n) is 1.48. The lowest BCUT2D eigenvalue weighted by Gasteiger charge is -2.08. The number of anilines is 1. The molecule has 0 saturated heterocycles. The van der Waals surface area contributed by atoms with Gasteiger partial charge in [0.25, 0.3) is 0 Å². The molecule has 18 heavy (non-hydrogen) atoms. The summed E-state index contributed by atoms with van der Waals surface area (Å²) in [7, 11) is 0. The van der Waals surface area contributed by atoms with E-state index in [1.54, 1.807) is 24.4 Å². The summed E-state index contributed by atoms with van der Waals surface area (Å²) in [5, 5.41) is 12.1. The van der Waals surface area contributed by atoms with Gasteiger partial charge in [0.1, 0.15) is 17.6 Å². The highest BCUT2D eigenvalue weighted by molar-refractivity contribution is 6.33.